The number of nitrogens with zero attached hydrogens (tertiary/aromatic N) is 1. The zero-order valence-electron chi connectivity index (χ0n) is 10.3. The molecule has 0 radical (unpaired) electrons. The summed E-state index contributed by atoms with van der Waals surface area (Å²) in [5.41, 5.74) is -0.476. The standard InChI is InChI=1S/C12H12F2N2O4/c1-2-3-20-12(19)16-10(11(17)18)4-7-8(13)5-15-6-9(7)14/h2,5-6,10H,1,3-4H2,(H,16,19)(H,17,18). The average molecular weight is 286 g/mol. The van der Waals surface area contributed by atoms with Gasteiger partial charge in [0.1, 0.15) is 24.3 Å². The summed E-state index contributed by atoms with van der Waals surface area (Å²) >= 11 is 0. The Morgan fingerprint density at radius 1 is 1.45 bits per heavy atom. The molecule has 1 aromatic heterocycles. The van der Waals surface area contributed by atoms with E-state index in [9.17, 15) is 18.4 Å². The highest BCUT2D eigenvalue weighted by Crippen LogP contribution is 2.13. The molecule has 1 amide bonds. The normalized spacial score (nSPS) is 11.5. The van der Waals surface area contributed by atoms with Gasteiger partial charge in [0.05, 0.1) is 12.4 Å². The summed E-state index contributed by atoms with van der Waals surface area (Å²) < 4.78 is 31.3. The molecule has 0 aromatic carbocycles. The minimum atomic E-state index is -1.53. The summed E-state index contributed by atoms with van der Waals surface area (Å²) in [6, 6.07) is -1.53. The van der Waals surface area contributed by atoms with E-state index in [1.54, 1.807) is 0 Å². The molecule has 0 bridgehead atoms. The fourth-order valence-electron chi connectivity index (χ4n) is 1.36. The Morgan fingerprint density at radius 3 is 2.55 bits per heavy atom. The average Bonchev–Trinajstić information content (AvgIpc) is 2.39. The lowest BCUT2D eigenvalue weighted by Crippen LogP contribution is -2.43. The highest BCUT2D eigenvalue weighted by Gasteiger charge is 2.24. The maximum atomic E-state index is 13.4. The maximum Gasteiger partial charge on any atom is 0.408 e. The van der Waals surface area contributed by atoms with E-state index in [-0.39, 0.29) is 6.61 Å². The molecule has 0 aliphatic rings. The summed E-state index contributed by atoms with van der Waals surface area (Å²) in [6.45, 7) is 3.20. The molecular weight excluding hydrogens is 274 g/mol. The largest absolute Gasteiger partial charge is 0.480 e. The van der Waals surface area contributed by atoms with Gasteiger partial charge in [-0.3, -0.25) is 4.98 Å². The topological polar surface area (TPSA) is 88.5 Å². The molecule has 0 saturated heterocycles. The third-order valence-electron chi connectivity index (χ3n) is 2.28. The first-order chi connectivity index (χ1) is 9.45. The van der Waals surface area contributed by atoms with Gasteiger partial charge in [0.25, 0.3) is 0 Å². The number of carboxylic acids is 1. The summed E-state index contributed by atoms with van der Waals surface area (Å²) in [5, 5.41) is 10.9. The van der Waals surface area contributed by atoms with Gasteiger partial charge in [-0.25, -0.2) is 18.4 Å². The van der Waals surface area contributed by atoms with Crippen LogP contribution in [-0.2, 0) is 16.0 Å². The van der Waals surface area contributed by atoms with Crippen molar-refractivity contribution in [3.05, 3.63) is 42.2 Å². The van der Waals surface area contributed by atoms with Crippen molar-refractivity contribution in [1.29, 1.82) is 0 Å². The molecule has 0 spiro atoms. The van der Waals surface area contributed by atoms with Gasteiger partial charge in [-0.05, 0) is 0 Å². The Balaban J connectivity index is 2.80. The third kappa shape index (κ3) is 4.30. The van der Waals surface area contributed by atoms with Crippen LogP contribution in [0, 0.1) is 11.6 Å². The Morgan fingerprint density at radius 2 is 2.05 bits per heavy atom. The summed E-state index contributed by atoms with van der Waals surface area (Å²) in [5.74, 6) is -3.42. The van der Waals surface area contributed by atoms with Gasteiger partial charge < -0.3 is 15.2 Å². The molecule has 108 valence electrons. The van der Waals surface area contributed by atoms with Crippen LogP contribution in [0.25, 0.3) is 0 Å². The predicted octanol–water partition coefficient (Wildman–Crippen LogP) is 1.27. The van der Waals surface area contributed by atoms with Crippen LogP contribution in [0.5, 0.6) is 0 Å². The second kappa shape index (κ2) is 7.17. The van der Waals surface area contributed by atoms with Crippen LogP contribution in [0.2, 0.25) is 0 Å². The number of hydrogen-bond donors (Lipinski definition) is 2. The first kappa shape index (κ1) is 15.5. The Hall–Kier alpha value is -2.51. The number of pyridine rings is 1. The quantitative estimate of drug-likeness (QED) is 0.769. The monoisotopic (exact) mass is 286 g/mol. The molecule has 1 heterocycles. The molecular formula is C12H12F2N2O4. The van der Waals surface area contributed by atoms with Gasteiger partial charge >= 0.3 is 12.1 Å². The number of halogens is 2. The number of hydrogen-bond acceptors (Lipinski definition) is 4. The number of aliphatic carboxylic acids is 1. The lowest BCUT2D eigenvalue weighted by atomic mass is 10.1. The van der Waals surface area contributed by atoms with E-state index in [1.807, 2.05) is 5.32 Å². The molecule has 2 N–H and O–H groups in total. The Kier molecular flexibility index (Phi) is 5.57. The van der Waals surface area contributed by atoms with Crippen molar-refractivity contribution in [3.63, 3.8) is 0 Å². The van der Waals surface area contributed by atoms with E-state index in [0.29, 0.717) is 0 Å². The predicted molar refractivity (Wildman–Crippen MR) is 64.0 cm³/mol. The van der Waals surface area contributed by atoms with Crippen molar-refractivity contribution in [2.24, 2.45) is 0 Å². The van der Waals surface area contributed by atoms with Crippen LogP contribution in [0.1, 0.15) is 5.56 Å². The SMILES string of the molecule is C=CCOC(=O)NC(Cc1c(F)cncc1F)C(=O)O. The molecule has 0 fully saturated rings. The Labute approximate surface area is 113 Å². The minimum Gasteiger partial charge on any atom is -0.480 e. The zero-order chi connectivity index (χ0) is 15.1. The van der Waals surface area contributed by atoms with Crippen LogP contribution >= 0.6 is 0 Å². The number of amides is 1. The fourth-order valence-corrected chi connectivity index (χ4v) is 1.36. The van der Waals surface area contributed by atoms with Crippen molar-refractivity contribution in [3.8, 4) is 0 Å². The number of alkyl carbamates (subject to hydrolysis) is 1. The lowest BCUT2D eigenvalue weighted by Gasteiger charge is -2.14. The number of carboxylic acid groups (broad SMARTS) is 1. The van der Waals surface area contributed by atoms with Gasteiger partial charge in [0.15, 0.2) is 0 Å². The van der Waals surface area contributed by atoms with Gasteiger partial charge in [-0.2, -0.15) is 0 Å². The minimum absolute atomic E-state index is 0.115. The number of carbonyl (C=O) groups is 2. The third-order valence-corrected chi connectivity index (χ3v) is 2.28. The van der Waals surface area contributed by atoms with Crippen LogP contribution in [0.15, 0.2) is 25.0 Å². The summed E-state index contributed by atoms with van der Waals surface area (Å²) in [4.78, 5) is 25.5. The van der Waals surface area contributed by atoms with Gasteiger partial charge in [0.2, 0.25) is 0 Å². The van der Waals surface area contributed by atoms with Crippen molar-refractivity contribution >= 4 is 12.1 Å². The van der Waals surface area contributed by atoms with E-state index >= 15 is 0 Å². The van der Waals surface area contributed by atoms with E-state index in [1.165, 1.54) is 6.08 Å². The van der Waals surface area contributed by atoms with Crippen molar-refractivity contribution in [2.45, 2.75) is 12.5 Å². The van der Waals surface area contributed by atoms with Crippen molar-refractivity contribution in [2.75, 3.05) is 6.61 Å². The van der Waals surface area contributed by atoms with Crippen LogP contribution < -0.4 is 5.32 Å². The number of rotatable bonds is 6. The Bertz CT molecular complexity index is 502. The first-order valence-electron chi connectivity index (χ1n) is 5.50. The summed E-state index contributed by atoms with van der Waals surface area (Å²) in [6.07, 6.45) is 1.21. The van der Waals surface area contributed by atoms with E-state index in [4.69, 9.17) is 5.11 Å². The fraction of sp³-hybridized carbons (Fsp3) is 0.250. The van der Waals surface area contributed by atoms with Gasteiger partial charge in [0, 0.05) is 12.0 Å². The molecule has 0 aliphatic heterocycles. The first-order valence-corrected chi connectivity index (χ1v) is 5.50. The van der Waals surface area contributed by atoms with Crippen molar-refractivity contribution in [1.82, 2.24) is 10.3 Å². The van der Waals surface area contributed by atoms with Crippen LogP contribution in [0.4, 0.5) is 13.6 Å². The molecule has 0 aliphatic carbocycles. The van der Waals surface area contributed by atoms with E-state index in [2.05, 4.69) is 16.3 Å². The summed E-state index contributed by atoms with van der Waals surface area (Å²) in [7, 11) is 0. The van der Waals surface area contributed by atoms with Crippen LogP contribution in [-0.4, -0.2) is 34.8 Å². The van der Waals surface area contributed by atoms with E-state index < -0.39 is 41.7 Å². The zero-order valence-corrected chi connectivity index (χ0v) is 10.3. The molecule has 8 heteroatoms. The number of aromatic nitrogens is 1. The molecule has 1 unspecified atom stereocenters. The number of carbonyl (C=O) groups excluding carboxylic acids is 1. The second-order valence-electron chi connectivity index (χ2n) is 3.71. The van der Waals surface area contributed by atoms with Gasteiger partial charge in [-0.1, -0.05) is 12.7 Å². The van der Waals surface area contributed by atoms with Crippen LogP contribution in [0.3, 0.4) is 0 Å². The molecule has 20 heavy (non-hydrogen) atoms. The number of nitrogens with one attached hydrogen (secondary N) is 1. The lowest BCUT2D eigenvalue weighted by molar-refractivity contribution is -0.139. The highest BCUT2D eigenvalue weighted by atomic mass is 19.1. The maximum absolute atomic E-state index is 13.4. The molecule has 1 atom stereocenters. The highest BCUT2D eigenvalue weighted by molar-refractivity contribution is 5.80. The number of ether oxygens (including phenoxy) is 1. The molecule has 1 rings (SSSR count). The van der Waals surface area contributed by atoms with E-state index in [0.717, 1.165) is 12.4 Å². The molecule has 1 aromatic rings. The smallest absolute Gasteiger partial charge is 0.408 e. The van der Waals surface area contributed by atoms with Crippen molar-refractivity contribution < 1.29 is 28.2 Å². The second-order valence-corrected chi connectivity index (χ2v) is 3.71. The van der Waals surface area contributed by atoms with Gasteiger partial charge in [-0.15, -0.1) is 0 Å². The molecule has 0 saturated carbocycles. The molecule has 6 nitrogen and oxygen atoms in total.